The quantitative estimate of drug-likeness (QED) is 0.734. The predicted octanol–water partition coefficient (Wildman–Crippen LogP) is 0.555. The summed E-state index contributed by atoms with van der Waals surface area (Å²) < 4.78 is 0. The Morgan fingerprint density at radius 1 is 1.36 bits per heavy atom. The lowest BCUT2D eigenvalue weighted by atomic mass is 10.3. The maximum Gasteiger partial charge on any atom is 0.154 e. The van der Waals surface area contributed by atoms with Gasteiger partial charge in [0.1, 0.15) is 0 Å². The van der Waals surface area contributed by atoms with Gasteiger partial charge < -0.3 is 0 Å². The molecule has 0 fully saturated rings. The lowest BCUT2D eigenvalue weighted by Gasteiger charge is -2.18. The third-order valence-electron chi connectivity index (χ3n) is 1.66. The zero-order valence-corrected chi connectivity index (χ0v) is 7.71. The van der Waals surface area contributed by atoms with Crippen molar-refractivity contribution in [2.45, 2.75) is 0 Å². The minimum Gasteiger partial charge on any atom is -0.281 e. The third kappa shape index (κ3) is 1.93. The van der Waals surface area contributed by atoms with Crippen molar-refractivity contribution in [1.82, 2.24) is 15.9 Å². The van der Waals surface area contributed by atoms with E-state index in [0.717, 1.165) is 5.69 Å². The largest absolute Gasteiger partial charge is 0.281 e. The Morgan fingerprint density at radius 3 is 2.79 bits per heavy atom. The van der Waals surface area contributed by atoms with Crippen LogP contribution in [0, 0.1) is 0 Å². The molecule has 0 saturated carbocycles. The SMILES string of the molecule is CON1N=CN(Nc2ccccc2)N1. The van der Waals surface area contributed by atoms with Gasteiger partial charge in [0.25, 0.3) is 0 Å². The van der Waals surface area contributed by atoms with E-state index in [0.29, 0.717) is 0 Å². The molecule has 1 aliphatic heterocycles. The summed E-state index contributed by atoms with van der Waals surface area (Å²) in [5.41, 5.74) is 6.82. The molecule has 2 rings (SSSR count). The fraction of sp³-hybridized carbons (Fsp3) is 0.125. The van der Waals surface area contributed by atoms with Crippen LogP contribution in [0.15, 0.2) is 35.4 Å². The smallest absolute Gasteiger partial charge is 0.154 e. The monoisotopic (exact) mass is 193 g/mol. The van der Waals surface area contributed by atoms with E-state index in [2.05, 4.69) is 16.1 Å². The Balaban J connectivity index is 1.92. The van der Waals surface area contributed by atoms with Crippen molar-refractivity contribution in [2.24, 2.45) is 5.10 Å². The summed E-state index contributed by atoms with van der Waals surface area (Å²) in [6, 6.07) is 9.75. The molecule has 6 heteroatoms. The highest BCUT2D eigenvalue weighted by molar-refractivity contribution is 5.58. The van der Waals surface area contributed by atoms with E-state index in [-0.39, 0.29) is 0 Å². The lowest BCUT2D eigenvalue weighted by Crippen LogP contribution is -2.43. The molecule has 1 aliphatic rings. The first-order valence-corrected chi connectivity index (χ1v) is 4.14. The van der Waals surface area contributed by atoms with Gasteiger partial charge in [-0.3, -0.25) is 5.43 Å². The van der Waals surface area contributed by atoms with E-state index in [1.54, 1.807) is 11.5 Å². The van der Waals surface area contributed by atoms with E-state index in [1.807, 2.05) is 30.3 Å². The molecule has 6 nitrogen and oxygen atoms in total. The summed E-state index contributed by atoms with van der Waals surface area (Å²) in [5, 5.41) is 6.68. The van der Waals surface area contributed by atoms with Crippen LogP contribution >= 0.6 is 0 Å². The van der Waals surface area contributed by atoms with Gasteiger partial charge >= 0.3 is 0 Å². The van der Waals surface area contributed by atoms with Gasteiger partial charge in [-0.15, -0.1) is 5.10 Å². The van der Waals surface area contributed by atoms with E-state index >= 15 is 0 Å². The van der Waals surface area contributed by atoms with Gasteiger partial charge in [0, 0.05) is 0 Å². The highest BCUT2D eigenvalue weighted by atomic mass is 16.7. The Morgan fingerprint density at radius 2 is 2.14 bits per heavy atom. The molecule has 1 heterocycles. The molecule has 0 aromatic heterocycles. The molecule has 0 unspecified atom stereocenters. The second-order valence-electron chi connectivity index (χ2n) is 2.63. The molecule has 0 amide bonds. The van der Waals surface area contributed by atoms with E-state index < -0.39 is 0 Å². The maximum absolute atomic E-state index is 4.82. The van der Waals surface area contributed by atoms with Crippen LogP contribution in [0.25, 0.3) is 0 Å². The van der Waals surface area contributed by atoms with Crippen molar-refractivity contribution >= 4 is 12.0 Å². The summed E-state index contributed by atoms with van der Waals surface area (Å²) in [4.78, 5) is 4.82. The predicted molar refractivity (Wildman–Crippen MR) is 52.4 cm³/mol. The molecule has 1 aromatic rings. The normalized spacial score (nSPS) is 14.9. The zero-order chi connectivity index (χ0) is 9.80. The van der Waals surface area contributed by atoms with Crippen LogP contribution in [0.3, 0.4) is 0 Å². The summed E-state index contributed by atoms with van der Waals surface area (Å²) in [6.45, 7) is 0. The molecular formula is C8H11N5O. The molecule has 1 aromatic carbocycles. The number of hydrogen-bond donors (Lipinski definition) is 2. The van der Waals surface area contributed by atoms with Gasteiger partial charge in [0.15, 0.2) is 6.34 Å². The fourth-order valence-electron chi connectivity index (χ4n) is 1.04. The molecule has 0 atom stereocenters. The first-order chi connectivity index (χ1) is 6.88. The van der Waals surface area contributed by atoms with Crippen LogP contribution in [0.2, 0.25) is 0 Å². The number of anilines is 1. The number of para-hydroxylation sites is 1. The summed E-state index contributed by atoms with van der Waals surface area (Å²) in [6.07, 6.45) is 1.57. The maximum atomic E-state index is 4.82. The molecule has 14 heavy (non-hydrogen) atoms. The molecule has 0 spiro atoms. The van der Waals surface area contributed by atoms with Crippen molar-refractivity contribution in [1.29, 1.82) is 0 Å². The Labute approximate surface area is 81.6 Å². The first-order valence-electron chi connectivity index (χ1n) is 4.14. The second-order valence-corrected chi connectivity index (χ2v) is 2.63. The second kappa shape index (κ2) is 3.95. The zero-order valence-electron chi connectivity index (χ0n) is 7.71. The van der Waals surface area contributed by atoms with Gasteiger partial charge in [-0.2, -0.15) is 5.12 Å². The first kappa shape index (κ1) is 8.79. The van der Waals surface area contributed by atoms with Crippen molar-refractivity contribution in [3.05, 3.63) is 30.3 Å². The van der Waals surface area contributed by atoms with Gasteiger partial charge in [-0.1, -0.05) is 29.0 Å². The van der Waals surface area contributed by atoms with Crippen molar-refractivity contribution in [3.63, 3.8) is 0 Å². The average molecular weight is 193 g/mol. The standard InChI is InChI=1S/C8H11N5O/c1-14-13-9-7-12(11-13)10-8-5-3-2-4-6-8/h2-7,10-11H,1H3. The van der Waals surface area contributed by atoms with Crippen molar-refractivity contribution in [3.8, 4) is 0 Å². The fourth-order valence-corrected chi connectivity index (χ4v) is 1.04. The molecule has 0 radical (unpaired) electrons. The number of nitrogens with one attached hydrogen (secondary N) is 2. The number of rotatable bonds is 3. The van der Waals surface area contributed by atoms with Crippen LogP contribution < -0.4 is 11.0 Å². The van der Waals surface area contributed by atoms with Crippen LogP contribution in [-0.2, 0) is 4.84 Å². The summed E-state index contributed by atoms with van der Waals surface area (Å²) in [5.74, 6) is 0. The summed E-state index contributed by atoms with van der Waals surface area (Å²) >= 11 is 0. The van der Waals surface area contributed by atoms with Gasteiger partial charge in [0.05, 0.1) is 12.8 Å². The number of hydrazine groups is 3. The lowest BCUT2D eigenvalue weighted by molar-refractivity contribution is -0.185. The number of hydrogen-bond acceptors (Lipinski definition) is 6. The molecule has 2 N–H and O–H groups in total. The van der Waals surface area contributed by atoms with Crippen LogP contribution in [0.5, 0.6) is 0 Å². The van der Waals surface area contributed by atoms with E-state index in [4.69, 9.17) is 4.84 Å². The molecular weight excluding hydrogens is 182 g/mol. The Hall–Kier alpha value is -1.79. The van der Waals surface area contributed by atoms with Gasteiger partial charge in [-0.25, -0.2) is 4.84 Å². The van der Waals surface area contributed by atoms with E-state index in [1.165, 1.54) is 12.4 Å². The van der Waals surface area contributed by atoms with Gasteiger partial charge in [0.2, 0.25) is 0 Å². The minimum absolute atomic E-state index is 0.962. The molecule has 0 aliphatic carbocycles. The molecule has 74 valence electrons. The highest BCUT2D eigenvalue weighted by Crippen LogP contribution is 2.06. The number of nitrogens with zero attached hydrogens (tertiary/aromatic N) is 3. The Bertz CT molecular complexity index is 315. The molecule has 0 bridgehead atoms. The number of hydrazone groups is 1. The van der Waals surface area contributed by atoms with E-state index in [9.17, 15) is 0 Å². The van der Waals surface area contributed by atoms with Crippen molar-refractivity contribution in [2.75, 3.05) is 12.5 Å². The van der Waals surface area contributed by atoms with Crippen LogP contribution in [0.4, 0.5) is 5.69 Å². The third-order valence-corrected chi connectivity index (χ3v) is 1.66. The van der Waals surface area contributed by atoms with Crippen molar-refractivity contribution < 1.29 is 4.84 Å². The van der Waals surface area contributed by atoms with Crippen LogP contribution in [0.1, 0.15) is 0 Å². The number of benzene rings is 1. The van der Waals surface area contributed by atoms with Gasteiger partial charge in [-0.05, 0) is 12.1 Å². The Kier molecular flexibility index (Phi) is 2.48. The molecule has 0 saturated heterocycles. The average Bonchev–Trinajstić information content (AvgIpc) is 2.67. The topological polar surface area (TPSA) is 52.1 Å². The summed E-state index contributed by atoms with van der Waals surface area (Å²) in [7, 11) is 1.52. The minimum atomic E-state index is 0.962. The van der Waals surface area contributed by atoms with Crippen LogP contribution in [-0.4, -0.2) is 23.8 Å². The highest BCUT2D eigenvalue weighted by Gasteiger charge is 2.11.